The van der Waals surface area contributed by atoms with Gasteiger partial charge in [-0.3, -0.25) is 4.79 Å². The van der Waals surface area contributed by atoms with E-state index < -0.39 is 11.7 Å². The zero-order valence-electron chi connectivity index (χ0n) is 15.6. The first-order valence-corrected chi connectivity index (χ1v) is 9.42. The first kappa shape index (κ1) is 19.8. The van der Waals surface area contributed by atoms with Crippen molar-refractivity contribution in [3.05, 3.63) is 100 Å². The molecule has 2 heterocycles. The van der Waals surface area contributed by atoms with Crippen molar-refractivity contribution in [3.8, 4) is 5.82 Å². The Labute approximate surface area is 175 Å². The molecule has 1 N–H and O–H groups in total. The van der Waals surface area contributed by atoms with Crippen molar-refractivity contribution < 1.29 is 13.6 Å². The van der Waals surface area contributed by atoms with Crippen LogP contribution in [0.2, 0.25) is 5.02 Å². The maximum atomic E-state index is 13.5. The molecule has 0 atom stereocenters. The fraction of sp³-hybridized carbons (Fsp3) is 0.0952. The quantitative estimate of drug-likeness (QED) is 0.506. The minimum absolute atomic E-state index is 0.0970. The zero-order chi connectivity index (χ0) is 21.1. The predicted octanol–water partition coefficient (Wildman–Crippen LogP) is 3.98. The summed E-state index contributed by atoms with van der Waals surface area (Å²) in [6.07, 6.45) is 3.52. The highest BCUT2D eigenvalue weighted by molar-refractivity contribution is 6.31. The molecule has 0 bridgehead atoms. The molecule has 2 aromatic carbocycles. The summed E-state index contributed by atoms with van der Waals surface area (Å²) in [5.74, 6) is -0.842. The van der Waals surface area contributed by atoms with Crippen molar-refractivity contribution in [2.24, 2.45) is 0 Å². The summed E-state index contributed by atoms with van der Waals surface area (Å²) in [5, 5.41) is 11.1. The van der Waals surface area contributed by atoms with Crippen LogP contribution in [0.3, 0.4) is 0 Å². The highest BCUT2D eigenvalue weighted by Gasteiger charge is 2.21. The molecule has 0 aliphatic carbocycles. The highest BCUT2D eigenvalue weighted by Crippen LogP contribution is 2.18. The second kappa shape index (κ2) is 8.46. The van der Waals surface area contributed by atoms with Crippen LogP contribution in [0.15, 0.2) is 67.0 Å². The Kier molecular flexibility index (Phi) is 5.58. The molecule has 0 saturated carbocycles. The number of rotatable bonds is 6. The van der Waals surface area contributed by atoms with Gasteiger partial charge in [-0.05, 0) is 47.5 Å². The van der Waals surface area contributed by atoms with Crippen LogP contribution in [0, 0.1) is 11.6 Å². The summed E-state index contributed by atoms with van der Waals surface area (Å²) in [7, 11) is 0. The Morgan fingerprint density at radius 2 is 1.80 bits per heavy atom. The molecule has 9 heteroatoms. The molecule has 2 aromatic heterocycles. The molecule has 30 heavy (non-hydrogen) atoms. The molecule has 0 unspecified atom stereocenters. The minimum Gasteiger partial charge on any atom is -0.346 e. The Hall–Kier alpha value is -3.52. The third-order valence-corrected chi connectivity index (χ3v) is 4.80. The monoisotopic (exact) mass is 427 g/mol. The third-order valence-electron chi connectivity index (χ3n) is 4.45. The average molecular weight is 428 g/mol. The molecular weight excluding hydrogens is 412 g/mol. The normalized spacial score (nSPS) is 10.9. The molecule has 0 aliphatic rings. The maximum Gasteiger partial charge on any atom is 0.276 e. The van der Waals surface area contributed by atoms with Crippen molar-refractivity contribution in [1.82, 2.24) is 24.9 Å². The van der Waals surface area contributed by atoms with E-state index in [1.54, 1.807) is 41.2 Å². The van der Waals surface area contributed by atoms with Gasteiger partial charge < -0.3 is 9.88 Å². The van der Waals surface area contributed by atoms with Crippen LogP contribution < -0.4 is 5.32 Å². The first-order valence-electron chi connectivity index (χ1n) is 9.04. The molecule has 1 amide bonds. The van der Waals surface area contributed by atoms with Crippen molar-refractivity contribution in [3.63, 3.8) is 0 Å². The van der Waals surface area contributed by atoms with E-state index in [4.69, 9.17) is 11.6 Å². The van der Waals surface area contributed by atoms with Gasteiger partial charge in [0.2, 0.25) is 0 Å². The summed E-state index contributed by atoms with van der Waals surface area (Å²) in [5.41, 5.74) is 1.35. The molecule has 152 valence electrons. The number of nitrogens with zero attached hydrogens (tertiary/aromatic N) is 4. The van der Waals surface area contributed by atoms with Gasteiger partial charge in [-0.25, -0.2) is 13.5 Å². The first-order chi connectivity index (χ1) is 14.5. The fourth-order valence-corrected chi connectivity index (χ4v) is 3.26. The number of halogens is 3. The van der Waals surface area contributed by atoms with Crippen molar-refractivity contribution >= 4 is 17.5 Å². The van der Waals surface area contributed by atoms with Gasteiger partial charge in [-0.15, -0.1) is 5.10 Å². The smallest absolute Gasteiger partial charge is 0.276 e. The van der Waals surface area contributed by atoms with E-state index in [1.807, 2.05) is 0 Å². The van der Waals surface area contributed by atoms with E-state index in [2.05, 4.69) is 15.6 Å². The summed E-state index contributed by atoms with van der Waals surface area (Å²) < 4.78 is 30.0. The Morgan fingerprint density at radius 3 is 2.53 bits per heavy atom. The molecule has 6 nitrogen and oxygen atoms in total. The molecule has 0 aliphatic heterocycles. The highest BCUT2D eigenvalue weighted by atomic mass is 35.5. The lowest BCUT2D eigenvalue weighted by atomic mass is 10.2. The van der Waals surface area contributed by atoms with Crippen LogP contribution >= 0.6 is 11.6 Å². The number of aromatic nitrogens is 4. The number of carbonyl (C=O) groups excluding carboxylic acids is 1. The van der Waals surface area contributed by atoms with E-state index in [9.17, 15) is 13.6 Å². The second-order valence-electron chi connectivity index (χ2n) is 6.56. The maximum absolute atomic E-state index is 13.5. The zero-order valence-corrected chi connectivity index (χ0v) is 16.4. The van der Waals surface area contributed by atoms with Gasteiger partial charge in [0, 0.05) is 24.0 Å². The number of hydrogen-bond acceptors (Lipinski definition) is 3. The topological polar surface area (TPSA) is 64.7 Å². The molecule has 0 spiro atoms. The van der Waals surface area contributed by atoms with Crippen LogP contribution in [-0.2, 0) is 13.1 Å². The Bertz CT molecular complexity index is 1190. The number of carbonyl (C=O) groups is 1. The standard InChI is InChI=1S/C21H16ClF2N5O/c22-18-11-17(24)7-6-15(18)12-25-20(30)19-21(28-8-1-2-9-28)29(27-26-19)13-14-4-3-5-16(23)10-14/h1-11H,12-13H2,(H,25,30). The molecule has 4 aromatic rings. The minimum atomic E-state index is -0.468. The average Bonchev–Trinajstić information content (AvgIpc) is 3.37. The summed E-state index contributed by atoms with van der Waals surface area (Å²) in [6, 6.07) is 13.7. The summed E-state index contributed by atoms with van der Waals surface area (Å²) >= 11 is 6.02. The largest absolute Gasteiger partial charge is 0.346 e. The van der Waals surface area contributed by atoms with E-state index in [1.165, 1.54) is 35.0 Å². The van der Waals surface area contributed by atoms with E-state index in [0.29, 0.717) is 16.9 Å². The number of benzene rings is 2. The molecule has 0 saturated heterocycles. The number of nitrogens with one attached hydrogen (secondary N) is 1. The van der Waals surface area contributed by atoms with Crippen LogP contribution in [-0.4, -0.2) is 25.5 Å². The second-order valence-corrected chi connectivity index (χ2v) is 6.97. The molecule has 4 rings (SSSR count). The number of hydrogen-bond donors (Lipinski definition) is 1. The molecular formula is C21H16ClF2N5O. The molecule has 0 radical (unpaired) electrons. The van der Waals surface area contributed by atoms with Crippen molar-refractivity contribution in [1.29, 1.82) is 0 Å². The van der Waals surface area contributed by atoms with E-state index >= 15 is 0 Å². The summed E-state index contributed by atoms with van der Waals surface area (Å²) in [4.78, 5) is 12.8. The Morgan fingerprint density at radius 1 is 1.03 bits per heavy atom. The van der Waals surface area contributed by atoms with E-state index in [-0.39, 0.29) is 29.6 Å². The third kappa shape index (κ3) is 4.23. The van der Waals surface area contributed by atoms with Gasteiger partial charge in [0.05, 0.1) is 6.54 Å². The van der Waals surface area contributed by atoms with Crippen LogP contribution in [0.25, 0.3) is 5.82 Å². The van der Waals surface area contributed by atoms with Gasteiger partial charge >= 0.3 is 0 Å². The van der Waals surface area contributed by atoms with Gasteiger partial charge in [0.25, 0.3) is 5.91 Å². The molecule has 0 fully saturated rings. The SMILES string of the molecule is O=C(NCc1ccc(F)cc1Cl)c1nnn(Cc2cccc(F)c2)c1-n1cccc1. The fourth-order valence-electron chi connectivity index (χ4n) is 3.03. The number of amides is 1. The Balaban J connectivity index is 1.61. The van der Waals surface area contributed by atoms with Crippen LogP contribution in [0.5, 0.6) is 0 Å². The lowest BCUT2D eigenvalue weighted by Crippen LogP contribution is -2.25. The van der Waals surface area contributed by atoms with Crippen LogP contribution in [0.4, 0.5) is 8.78 Å². The van der Waals surface area contributed by atoms with Crippen LogP contribution in [0.1, 0.15) is 21.6 Å². The summed E-state index contributed by atoms with van der Waals surface area (Å²) in [6.45, 7) is 0.329. The van der Waals surface area contributed by atoms with Gasteiger partial charge in [0.15, 0.2) is 11.5 Å². The lowest BCUT2D eigenvalue weighted by Gasteiger charge is -2.10. The predicted molar refractivity (Wildman–Crippen MR) is 107 cm³/mol. The van der Waals surface area contributed by atoms with E-state index in [0.717, 1.165) is 0 Å². The van der Waals surface area contributed by atoms with Gasteiger partial charge in [-0.2, -0.15) is 0 Å². The van der Waals surface area contributed by atoms with Gasteiger partial charge in [0.1, 0.15) is 11.6 Å². The van der Waals surface area contributed by atoms with Crippen molar-refractivity contribution in [2.75, 3.05) is 0 Å². The lowest BCUT2D eigenvalue weighted by molar-refractivity contribution is 0.0946. The van der Waals surface area contributed by atoms with Crippen molar-refractivity contribution in [2.45, 2.75) is 13.1 Å². The van der Waals surface area contributed by atoms with Gasteiger partial charge in [-0.1, -0.05) is 35.0 Å².